The molecule has 1 unspecified atom stereocenters. The number of amides is 2. The van der Waals surface area contributed by atoms with Crippen molar-refractivity contribution >= 4 is 17.5 Å². The van der Waals surface area contributed by atoms with Gasteiger partial charge in [0.05, 0.1) is 31.4 Å². The van der Waals surface area contributed by atoms with Crippen LogP contribution < -0.4 is 15.4 Å². The Balaban J connectivity index is 1.59. The van der Waals surface area contributed by atoms with Crippen molar-refractivity contribution in [2.45, 2.75) is 25.8 Å². The molecule has 0 bridgehead atoms. The molecule has 9 heteroatoms. The van der Waals surface area contributed by atoms with E-state index in [0.717, 1.165) is 23.4 Å². The normalized spacial score (nSPS) is 15.2. The molecule has 6 nitrogen and oxygen atoms in total. The minimum absolute atomic E-state index is 0.0406. The molecular weight excluding hydrogens is 411 g/mol. The first-order valence-corrected chi connectivity index (χ1v) is 10.1. The molecule has 1 heterocycles. The van der Waals surface area contributed by atoms with E-state index in [1.807, 2.05) is 31.2 Å². The number of carbonyl (C=O) groups excluding carboxylic acids is 2. The van der Waals surface area contributed by atoms with Crippen molar-refractivity contribution in [3.63, 3.8) is 0 Å². The first-order chi connectivity index (χ1) is 14.9. The van der Waals surface area contributed by atoms with E-state index in [0.29, 0.717) is 26.0 Å². The predicted molar refractivity (Wildman–Crippen MR) is 109 cm³/mol. The number of nitrogens with one attached hydrogen (secondary N) is 2. The van der Waals surface area contributed by atoms with Crippen LogP contribution in [-0.4, -0.2) is 43.0 Å². The highest BCUT2D eigenvalue weighted by Crippen LogP contribution is 2.31. The first-order valence-electron chi connectivity index (χ1n) is 10.1. The molecule has 0 saturated carbocycles. The van der Waals surface area contributed by atoms with Crippen molar-refractivity contribution in [1.29, 1.82) is 0 Å². The van der Waals surface area contributed by atoms with Crippen molar-refractivity contribution in [2.75, 3.05) is 31.6 Å². The molecule has 0 radical (unpaired) electrons. The van der Waals surface area contributed by atoms with E-state index < -0.39 is 29.0 Å². The molecule has 0 aromatic heterocycles. The Morgan fingerprint density at radius 3 is 2.58 bits per heavy atom. The SMILES string of the molecule is CCCN(CC(=O)Nc1ccc(F)c(F)c1F)CC(=O)NC1CCOc2ccccc21. The summed E-state index contributed by atoms with van der Waals surface area (Å²) < 4.78 is 45.8. The predicted octanol–water partition coefficient (Wildman–Crippen LogP) is 3.39. The van der Waals surface area contributed by atoms with E-state index in [1.165, 1.54) is 0 Å². The van der Waals surface area contributed by atoms with Crippen LogP contribution in [0.1, 0.15) is 31.4 Å². The molecule has 2 N–H and O–H groups in total. The quantitative estimate of drug-likeness (QED) is 0.624. The van der Waals surface area contributed by atoms with Crippen LogP contribution in [0.2, 0.25) is 0 Å². The van der Waals surface area contributed by atoms with Crippen LogP contribution in [0.4, 0.5) is 18.9 Å². The van der Waals surface area contributed by atoms with Gasteiger partial charge in [-0.2, -0.15) is 0 Å². The van der Waals surface area contributed by atoms with E-state index in [4.69, 9.17) is 4.74 Å². The number of benzene rings is 2. The van der Waals surface area contributed by atoms with Crippen LogP contribution in [0, 0.1) is 17.5 Å². The third-order valence-corrected chi connectivity index (χ3v) is 4.88. The van der Waals surface area contributed by atoms with Crippen molar-refractivity contribution < 1.29 is 27.5 Å². The van der Waals surface area contributed by atoms with Crippen LogP contribution in [0.3, 0.4) is 0 Å². The summed E-state index contributed by atoms with van der Waals surface area (Å²) in [6.45, 7) is 2.59. The maximum atomic E-state index is 13.8. The second-order valence-corrected chi connectivity index (χ2v) is 7.28. The third kappa shape index (κ3) is 5.75. The Bertz CT molecular complexity index is 955. The summed E-state index contributed by atoms with van der Waals surface area (Å²) in [6, 6.07) is 8.97. The number of nitrogens with zero attached hydrogens (tertiary/aromatic N) is 1. The maximum Gasteiger partial charge on any atom is 0.238 e. The lowest BCUT2D eigenvalue weighted by Gasteiger charge is -2.28. The number of rotatable bonds is 8. The number of para-hydroxylation sites is 1. The van der Waals surface area contributed by atoms with Gasteiger partial charge in [-0.3, -0.25) is 14.5 Å². The van der Waals surface area contributed by atoms with Gasteiger partial charge in [0, 0.05) is 12.0 Å². The fraction of sp³-hybridized carbons (Fsp3) is 0.364. The third-order valence-electron chi connectivity index (χ3n) is 4.88. The number of hydrogen-bond acceptors (Lipinski definition) is 4. The number of ether oxygens (including phenoxy) is 1. The van der Waals surface area contributed by atoms with Gasteiger partial charge in [0.25, 0.3) is 0 Å². The second kappa shape index (κ2) is 10.3. The molecule has 2 aromatic carbocycles. The Hall–Kier alpha value is -3.07. The molecule has 166 valence electrons. The van der Waals surface area contributed by atoms with E-state index in [1.54, 1.807) is 4.90 Å². The molecule has 31 heavy (non-hydrogen) atoms. The minimum Gasteiger partial charge on any atom is -0.493 e. The molecule has 1 atom stereocenters. The van der Waals surface area contributed by atoms with Crippen LogP contribution in [-0.2, 0) is 9.59 Å². The average molecular weight is 435 g/mol. The highest BCUT2D eigenvalue weighted by molar-refractivity contribution is 5.92. The summed E-state index contributed by atoms with van der Waals surface area (Å²) in [6.07, 6.45) is 1.31. The highest BCUT2D eigenvalue weighted by Gasteiger charge is 2.24. The molecule has 3 rings (SSSR count). The summed E-state index contributed by atoms with van der Waals surface area (Å²) in [5.41, 5.74) is 0.444. The van der Waals surface area contributed by atoms with Crippen LogP contribution in [0.15, 0.2) is 36.4 Å². The van der Waals surface area contributed by atoms with Gasteiger partial charge < -0.3 is 15.4 Å². The molecule has 2 amide bonds. The zero-order valence-electron chi connectivity index (χ0n) is 17.1. The average Bonchev–Trinajstić information content (AvgIpc) is 2.74. The molecule has 1 aliphatic rings. The Labute approximate surface area is 178 Å². The number of fused-ring (bicyclic) bond motifs is 1. The number of carbonyl (C=O) groups is 2. The molecule has 1 aliphatic heterocycles. The topological polar surface area (TPSA) is 70.7 Å². The lowest BCUT2D eigenvalue weighted by Crippen LogP contribution is -2.43. The molecule has 0 spiro atoms. The van der Waals surface area contributed by atoms with E-state index in [2.05, 4.69) is 10.6 Å². The van der Waals surface area contributed by atoms with Crippen molar-refractivity contribution in [3.8, 4) is 5.75 Å². The van der Waals surface area contributed by atoms with Crippen LogP contribution in [0.5, 0.6) is 5.75 Å². The Kier molecular flexibility index (Phi) is 7.51. The molecule has 0 saturated heterocycles. The van der Waals surface area contributed by atoms with E-state index >= 15 is 0 Å². The molecular formula is C22H24F3N3O3. The van der Waals surface area contributed by atoms with Gasteiger partial charge in [-0.25, -0.2) is 13.2 Å². The van der Waals surface area contributed by atoms with Gasteiger partial charge >= 0.3 is 0 Å². The Morgan fingerprint density at radius 1 is 1.06 bits per heavy atom. The maximum absolute atomic E-state index is 13.8. The Morgan fingerprint density at radius 2 is 1.81 bits per heavy atom. The van der Waals surface area contributed by atoms with E-state index in [9.17, 15) is 22.8 Å². The lowest BCUT2D eigenvalue weighted by molar-refractivity contribution is -0.124. The molecule has 2 aromatic rings. The van der Waals surface area contributed by atoms with Gasteiger partial charge in [-0.15, -0.1) is 0 Å². The summed E-state index contributed by atoms with van der Waals surface area (Å²) in [7, 11) is 0. The van der Waals surface area contributed by atoms with Gasteiger partial charge in [-0.1, -0.05) is 25.1 Å². The summed E-state index contributed by atoms with van der Waals surface area (Å²) in [4.78, 5) is 26.5. The molecule has 0 aliphatic carbocycles. The fourth-order valence-corrected chi connectivity index (χ4v) is 3.48. The summed E-state index contributed by atoms with van der Waals surface area (Å²) in [5, 5.41) is 5.19. The van der Waals surface area contributed by atoms with Gasteiger partial charge in [0.2, 0.25) is 11.8 Å². The van der Waals surface area contributed by atoms with Gasteiger partial charge in [0.1, 0.15) is 5.75 Å². The monoisotopic (exact) mass is 435 g/mol. The summed E-state index contributed by atoms with van der Waals surface area (Å²) >= 11 is 0. The van der Waals surface area contributed by atoms with Crippen LogP contribution in [0.25, 0.3) is 0 Å². The van der Waals surface area contributed by atoms with Crippen molar-refractivity contribution in [1.82, 2.24) is 10.2 Å². The number of anilines is 1. The first kappa shape index (κ1) is 22.6. The minimum atomic E-state index is -1.65. The summed E-state index contributed by atoms with van der Waals surface area (Å²) in [5.74, 6) is -4.62. The smallest absolute Gasteiger partial charge is 0.238 e. The van der Waals surface area contributed by atoms with Crippen molar-refractivity contribution in [3.05, 3.63) is 59.4 Å². The van der Waals surface area contributed by atoms with Crippen molar-refractivity contribution in [2.24, 2.45) is 0 Å². The lowest BCUT2D eigenvalue weighted by atomic mass is 10.0. The largest absolute Gasteiger partial charge is 0.493 e. The number of hydrogen-bond donors (Lipinski definition) is 2. The van der Waals surface area contributed by atoms with Crippen LogP contribution >= 0.6 is 0 Å². The second-order valence-electron chi connectivity index (χ2n) is 7.28. The highest BCUT2D eigenvalue weighted by atomic mass is 19.2. The fourth-order valence-electron chi connectivity index (χ4n) is 3.48. The van der Waals surface area contributed by atoms with Gasteiger partial charge in [-0.05, 0) is 31.2 Å². The number of halogens is 3. The zero-order valence-corrected chi connectivity index (χ0v) is 17.1. The van der Waals surface area contributed by atoms with E-state index in [-0.39, 0.29) is 25.0 Å². The zero-order chi connectivity index (χ0) is 22.4. The van der Waals surface area contributed by atoms with Gasteiger partial charge in [0.15, 0.2) is 17.5 Å². The molecule has 0 fully saturated rings. The standard InChI is InChI=1S/C22H24F3N3O3/c1-2-10-28(13-20(30)27-17-8-7-15(23)21(24)22(17)25)12-19(29)26-16-9-11-31-18-6-4-3-5-14(16)18/h3-8,16H,2,9-13H2,1H3,(H,26,29)(H,27,30).